The Hall–Kier alpha value is -4.62. The lowest BCUT2D eigenvalue weighted by Crippen LogP contribution is -2.32. The van der Waals surface area contributed by atoms with E-state index in [0.717, 1.165) is 9.54 Å². The van der Waals surface area contributed by atoms with Crippen molar-refractivity contribution in [1.82, 2.24) is 24.1 Å². The third kappa shape index (κ3) is 4.41. The van der Waals surface area contributed by atoms with E-state index in [0.29, 0.717) is 16.5 Å². The molecule has 37 heavy (non-hydrogen) atoms. The number of hydrogen-bond donors (Lipinski definition) is 0. The van der Waals surface area contributed by atoms with Gasteiger partial charge in [-0.25, -0.2) is 21.8 Å². The first-order valence-corrected chi connectivity index (χ1v) is 12.7. The highest BCUT2D eigenvalue weighted by molar-refractivity contribution is 7.90. The molecule has 0 aliphatic heterocycles. The molecule has 0 aliphatic rings. The maximum absolute atomic E-state index is 13.7. The second-order valence-corrected chi connectivity index (χ2v) is 10.2. The predicted octanol–water partition coefficient (Wildman–Crippen LogP) is 3.94. The molecule has 2 aromatic heterocycles. The Kier molecular flexibility index (Phi) is 6.15. The van der Waals surface area contributed by atoms with Crippen molar-refractivity contribution in [1.29, 1.82) is 0 Å². The van der Waals surface area contributed by atoms with Crippen LogP contribution < -0.4 is 0 Å². The van der Waals surface area contributed by atoms with Gasteiger partial charge in [-0.15, -0.1) is 16.6 Å². The molecule has 8 nitrogen and oxygen atoms in total. The summed E-state index contributed by atoms with van der Waals surface area (Å²) in [7, 11) is -4.10. The van der Waals surface area contributed by atoms with Crippen LogP contribution in [0, 0.1) is 25.1 Å². The van der Waals surface area contributed by atoms with Crippen LogP contribution in [-0.2, 0) is 16.6 Å². The summed E-state index contributed by atoms with van der Waals surface area (Å²) in [6.45, 7) is 1.77. The van der Waals surface area contributed by atoms with Crippen molar-refractivity contribution < 1.29 is 17.6 Å². The molecular formula is C27H20FN5O3S. The Balaban J connectivity index is 1.65. The molecule has 0 saturated carbocycles. The number of carbonyl (C=O) groups excluding carboxylic acids is 1. The molecule has 0 unspecified atom stereocenters. The molecule has 5 aromatic rings. The average molecular weight is 514 g/mol. The van der Waals surface area contributed by atoms with Gasteiger partial charge in [0.2, 0.25) is 5.82 Å². The van der Waals surface area contributed by atoms with Gasteiger partial charge in [-0.3, -0.25) is 4.79 Å². The summed E-state index contributed by atoms with van der Waals surface area (Å²) in [6, 6.07) is 19.0. The van der Waals surface area contributed by atoms with E-state index in [4.69, 9.17) is 6.42 Å². The lowest BCUT2D eigenvalue weighted by Gasteiger charge is -2.19. The van der Waals surface area contributed by atoms with Crippen molar-refractivity contribution >= 4 is 38.0 Å². The number of amides is 1. The van der Waals surface area contributed by atoms with E-state index in [2.05, 4.69) is 21.1 Å². The van der Waals surface area contributed by atoms with Crippen LogP contribution in [0.25, 0.3) is 22.1 Å². The fourth-order valence-corrected chi connectivity index (χ4v) is 5.52. The zero-order valence-electron chi connectivity index (χ0n) is 19.7. The van der Waals surface area contributed by atoms with E-state index in [-0.39, 0.29) is 35.0 Å². The Morgan fingerprint density at radius 3 is 2.54 bits per heavy atom. The van der Waals surface area contributed by atoms with E-state index in [1.54, 1.807) is 42.5 Å². The van der Waals surface area contributed by atoms with Crippen LogP contribution in [-0.4, -0.2) is 44.9 Å². The third-order valence-corrected chi connectivity index (χ3v) is 7.54. The van der Waals surface area contributed by atoms with Crippen LogP contribution in [0.2, 0.25) is 0 Å². The molecule has 0 aliphatic carbocycles. The van der Waals surface area contributed by atoms with Crippen molar-refractivity contribution in [2.45, 2.75) is 18.4 Å². The summed E-state index contributed by atoms with van der Waals surface area (Å²) in [5, 5.41) is 8.70. The van der Waals surface area contributed by atoms with Crippen LogP contribution in [0.5, 0.6) is 0 Å². The summed E-state index contributed by atoms with van der Waals surface area (Å²) >= 11 is 0. The van der Waals surface area contributed by atoms with E-state index in [1.165, 1.54) is 35.2 Å². The number of halogens is 1. The van der Waals surface area contributed by atoms with Crippen LogP contribution in [0.15, 0.2) is 77.7 Å². The lowest BCUT2D eigenvalue weighted by molar-refractivity contribution is 0.0752. The Bertz CT molecular complexity index is 1810. The molecule has 2 heterocycles. The number of aryl methyl sites for hydroxylation is 1. The van der Waals surface area contributed by atoms with Gasteiger partial charge in [-0.05, 0) is 42.8 Å². The third-order valence-electron chi connectivity index (χ3n) is 5.82. The van der Waals surface area contributed by atoms with E-state index >= 15 is 0 Å². The SMILES string of the molecule is C#CCN(Cc1cccc(F)c1)C(=O)c1nnc2c3ccccc3n(S(=O)(=O)c3ccc(C)cc3)c2n1. The first-order chi connectivity index (χ1) is 17.8. The number of fused-ring (bicyclic) bond motifs is 3. The van der Waals surface area contributed by atoms with Gasteiger partial charge in [0, 0.05) is 11.9 Å². The van der Waals surface area contributed by atoms with E-state index in [1.807, 2.05) is 6.92 Å². The highest BCUT2D eigenvalue weighted by Gasteiger charge is 2.27. The van der Waals surface area contributed by atoms with Gasteiger partial charge in [-0.2, -0.15) is 0 Å². The minimum atomic E-state index is -4.10. The summed E-state index contributed by atoms with van der Waals surface area (Å²) < 4.78 is 42.2. The van der Waals surface area contributed by atoms with Crippen molar-refractivity contribution in [3.05, 3.63) is 95.6 Å². The molecule has 0 radical (unpaired) electrons. The zero-order valence-corrected chi connectivity index (χ0v) is 20.5. The number of terminal acetylenes is 1. The summed E-state index contributed by atoms with van der Waals surface area (Å²) in [5.74, 6) is 0.963. The van der Waals surface area contributed by atoms with Crippen LogP contribution in [0.3, 0.4) is 0 Å². The maximum Gasteiger partial charge on any atom is 0.294 e. The van der Waals surface area contributed by atoms with Crippen molar-refractivity contribution in [3.8, 4) is 12.3 Å². The smallest absolute Gasteiger partial charge is 0.294 e. The van der Waals surface area contributed by atoms with Gasteiger partial charge in [0.1, 0.15) is 11.3 Å². The van der Waals surface area contributed by atoms with Gasteiger partial charge in [0.15, 0.2) is 5.65 Å². The van der Waals surface area contributed by atoms with Crippen molar-refractivity contribution in [3.63, 3.8) is 0 Å². The number of nitrogens with zero attached hydrogens (tertiary/aromatic N) is 5. The molecule has 0 atom stereocenters. The lowest BCUT2D eigenvalue weighted by atomic mass is 10.2. The minimum absolute atomic E-state index is 0.00679. The van der Waals surface area contributed by atoms with Gasteiger partial charge in [-0.1, -0.05) is 53.9 Å². The van der Waals surface area contributed by atoms with Gasteiger partial charge in [0.05, 0.1) is 17.0 Å². The first-order valence-electron chi connectivity index (χ1n) is 11.2. The first kappa shape index (κ1) is 24.1. The highest BCUT2D eigenvalue weighted by atomic mass is 32.2. The minimum Gasteiger partial charge on any atom is -0.320 e. The monoisotopic (exact) mass is 513 g/mol. The van der Waals surface area contributed by atoms with E-state index in [9.17, 15) is 17.6 Å². The molecule has 10 heteroatoms. The number of para-hydroxylation sites is 1. The Labute approximate surface area is 212 Å². The fourth-order valence-electron chi connectivity index (χ4n) is 4.06. The summed E-state index contributed by atoms with van der Waals surface area (Å²) in [4.78, 5) is 19.0. The topological polar surface area (TPSA) is 98.0 Å². The van der Waals surface area contributed by atoms with E-state index < -0.39 is 21.7 Å². The maximum atomic E-state index is 13.7. The summed E-state index contributed by atoms with van der Waals surface area (Å²) in [5.41, 5.74) is 1.98. The molecular weight excluding hydrogens is 493 g/mol. The quantitative estimate of drug-likeness (QED) is 0.319. The molecule has 3 aromatic carbocycles. The number of carbonyl (C=O) groups is 1. The van der Waals surface area contributed by atoms with Gasteiger partial charge in [0.25, 0.3) is 15.9 Å². The molecule has 1 amide bonds. The number of aromatic nitrogens is 4. The van der Waals surface area contributed by atoms with Crippen LogP contribution >= 0.6 is 0 Å². The molecule has 0 saturated heterocycles. The summed E-state index contributed by atoms with van der Waals surface area (Å²) in [6.07, 6.45) is 5.47. The predicted molar refractivity (Wildman–Crippen MR) is 137 cm³/mol. The van der Waals surface area contributed by atoms with Gasteiger partial charge >= 0.3 is 0 Å². The van der Waals surface area contributed by atoms with Crippen molar-refractivity contribution in [2.75, 3.05) is 6.54 Å². The zero-order chi connectivity index (χ0) is 26.2. The standard InChI is InChI=1S/C27H20FN5O3S/c1-3-15-32(17-19-7-6-8-20(28)16-19)27(34)25-29-26-24(30-31-25)22-9-4-5-10-23(22)33(26)37(35,36)21-13-11-18(2)12-14-21/h1,4-14,16H,15,17H2,2H3. The van der Waals surface area contributed by atoms with Gasteiger partial charge < -0.3 is 4.90 Å². The molecule has 0 N–H and O–H groups in total. The molecule has 0 fully saturated rings. The Morgan fingerprint density at radius 1 is 1.05 bits per heavy atom. The fraction of sp³-hybridized carbons (Fsp3) is 0.111. The van der Waals surface area contributed by atoms with Crippen LogP contribution in [0.1, 0.15) is 21.7 Å². The normalized spacial score (nSPS) is 11.5. The molecule has 0 bridgehead atoms. The second kappa shape index (κ2) is 9.44. The van der Waals surface area contributed by atoms with Crippen molar-refractivity contribution in [2.24, 2.45) is 0 Å². The molecule has 5 rings (SSSR count). The largest absolute Gasteiger partial charge is 0.320 e. The average Bonchev–Trinajstić information content (AvgIpc) is 3.23. The van der Waals surface area contributed by atoms with Crippen LogP contribution in [0.4, 0.5) is 4.39 Å². The number of hydrogen-bond acceptors (Lipinski definition) is 6. The molecule has 184 valence electrons. The number of rotatable bonds is 6. The highest BCUT2D eigenvalue weighted by Crippen LogP contribution is 2.30. The second-order valence-electron chi connectivity index (χ2n) is 8.40. The Morgan fingerprint density at radius 2 is 1.81 bits per heavy atom. The molecule has 0 spiro atoms. The number of benzene rings is 3.